The van der Waals surface area contributed by atoms with Gasteiger partial charge in [-0.25, -0.2) is 4.79 Å². The predicted octanol–water partition coefficient (Wildman–Crippen LogP) is 1.37. The molecular formula is C17H14NO5S-. The summed E-state index contributed by atoms with van der Waals surface area (Å²) in [5.41, 5.74) is 0.454. The highest BCUT2D eigenvalue weighted by Gasteiger charge is 2.39. The Hall–Kier alpha value is -2.35. The number of ketones is 1. The Bertz CT molecular complexity index is 783. The van der Waals surface area contributed by atoms with Crippen LogP contribution in [0.2, 0.25) is 0 Å². The molecule has 0 radical (unpaired) electrons. The largest absolute Gasteiger partial charge is 0.808 e. The van der Waals surface area contributed by atoms with Crippen molar-refractivity contribution in [1.82, 2.24) is 4.90 Å². The van der Waals surface area contributed by atoms with Crippen molar-refractivity contribution in [3.05, 3.63) is 69.8 Å². The van der Waals surface area contributed by atoms with Crippen LogP contribution >= 0.6 is 11.8 Å². The van der Waals surface area contributed by atoms with Gasteiger partial charge in [0.1, 0.15) is 0 Å². The molecule has 0 amide bonds. The first kappa shape index (κ1) is 16.5. The van der Waals surface area contributed by atoms with Crippen molar-refractivity contribution >= 4 is 23.5 Å². The lowest BCUT2D eigenvalue weighted by molar-refractivity contribution is -0.564. The van der Waals surface area contributed by atoms with Crippen LogP contribution in [0.25, 0.3) is 0 Å². The van der Waals surface area contributed by atoms with Crippen LogP contribution in [-0.2, 0) is 14.3 Å². The van der Waals surface area contributed by atoms with E-state index in [0.29, 0.717) is 10.6 Å². The highest BCUT2D eigenvalue weighted by atomic mass is 32.2. The standard InChI is InChI=1S/C17H14NO5S/c1-22-16(20)12-10-17(21,23-2)18-8-9-24-15(18)13(12)14(19)11-6-4-3-5-7-11/h3-10H,1-2H3/q-1. The third kappa shape index (κ3) is 2.56. The number of nitrogens with zero attached hydrogens (tertiary/aromatic N) is 1. The minimum absolute atomic E-state index is 0.0920. The van der Waals surface area contributed by atoms with Gasteiger partial charge in [0.05, 0.1) is 29.2 Å². The SMILES string of the molecule is COC(=O)C1=CC([O-])(OC)N2C=CSC2=C1C(=O)c1ccccc1. The number of carbonyl (C=O) groups excluding carboxylic acids is 2. The van der Waals surface area contributed by atoms with Gasteiger partial charge in [-0.05, 0) is 11.5 Å². The number of carbonyl (C=O) groups is 2. The Kier molecular flexibility index (Phi) is 4.31. The number of rotatable bonds is 4. The Morgan fingerprint density at radius 2 is 1.92 bits per heavy atom. The average molecular weight is 344 g/mol. The van der Waals surface area contributed by atoms with E-state index >= 15 is 0 Å². The minimum Gasteiger partial charge on any atom is -0.808 e. The van der Waals surface area contributed by atoms with E-state index in [9.17, 15) is 14.7 Å². The number of hydrogen-bond acceptors (Lipinski definition) is 7. The Morgan fingerprint density at radius 3 is 2.54 bits per heavy atom. The zero-order valence-corrected chi connectivity index (χ0v) is 13.8. The minimum atomic E-state index is -2.11. The number of methoxy groups -OCH3 is 2. The number of hydrogen-bond donors (Lipinski definition) is 0. The molecule has 1 atom stereocenters. The number of thioether (sulfide) groups is 1. The maximum atomic E-state index is 13.0. The molecule has 3 rings (SSSR count). The quantitative estimate of drug-likeness (QED) is 0.464. The molecule has 0 saturated carbocycles. The Morgan fingerprint density at radius 1 is 1.21 bits per heavy atom. The maximum Gasteiger partial charge on any atom is 0.338 e. The Balaban J connectivity index is 2.17. The van der Waals surface area contributed by atoms with E-state index in [4.69, 9.17) is 9.47 Å². The van der Waals surface area contributed by atoms with E-state index in [-0.39, 0.29) is 16.9 Å². The second kappa shape index (κ2) is 6.27. The van der Waals surface area contributed by atoms with E-state index in [0.717, 1.165) is 6.08 Å². The number of benzene rings is 1. The van der Waals surface area contributed by atoms with E-state index in [1.165, 1.54) is 37.1 Å². The first-order valence-electron chi connectivity index (χ1n) is 7.05. The number of Topliss-reactive ketones (excluding diaryl/α,β-unsaturated/α-hetero) is 1. The Labute approximate surface area is 143 Å². The summed E-state index contributed by atoms with van der Waals surface area (Å²) in [4.78, 5) is 26.4. The zero-order chi connectivity index (χ0) is 17.3. The first-order chi connectivity index (χ1) is 11.5. The fourth-order valence-corrected chi connectivity index (χ4v) is 3.46. The molecule has 6 nitrogen and oxygen atoms in total. The normalized spacial score (nSPS) is 22.3. The smallest absolute Gasteiger partial charge is 0.338 e. The number of fused-ring (bicyclic) bond motifs is 1. The lowest BCUT2D eigenvalue weighted by Crippen LogP contribution is -2.57. The molecule has 0 N–H and O–H groups in total. The zero-order valence-electron chi connectivity index (χ0n) is 13.0. The fourth-order valence-electron chi connectivity index (χ4n) is 2.53. The van der Waals surface area contributed by atoms with Crippen LogP contribution in [0.1, 0.15) is 10.4 Å². The second-order valence-electron chi connectivity index (χ2n) is 5.03. The molecule has 24 heavy (non-hydrogen) atoms. The molecule has 1 unspecified atom stereocenters. The van der Waals surface area contributed by atoms with Gasteiger partial charge in [0.15, 0.2) is 5.78 Å². The van der Waals surface area contributed by atoms with Crippen LogP contribution < -0.4 is 5.11 Å². The maximum absolute atomic E-state index is 13.0. The molecule has 0 saturated heterocycles. The van der Waals surface area contributed by atoms with Crippen LogP contribution in [0.4, 0.5) is 0 Å². The summed E-state index contributed by atoms with van der Waals surface area (Å²) in [6.45, 7) is 0. The van der Waals surface area contributed by atoms with Crippen LogP contribution in [0.5, 0.6) is 0 Å². The molecular weight excluding hydrogens is 330 g/mol. The molecule has 0 bridgehead atoms. The van der Waals surface area contributed by atoms with Crippen molar-refractivity contribution in [2.24, 2.45) is 0 Å². The van der Waals surface area contributed by atoms with Gasteiger partial charge in [-0.2, -0.15) is 0 Å². The predicted molar refractivity (Wildman–Crippen MR) is 86.2 cm³/mol. The molecule has 0 aromatic heterocycles. The van der Waals surface area contributed by atoms with Crippen LogP contribution in [0.15, 0.2) is 64.2 Å². The van der Waals surface area contributed by atoms with Gasteiger partial charge in [0, 0.05) is 18.9 Å². The summed E-state index contributed by atoms with van der Waals surface area (Å²) in [7, 11) is 2.45. The first-order valence-corrected chi connectivity index (χ1v) is 7.93. The highest BCUT2D eigenvalue weighted by Crippen LogP contribution is 2.43. The van der Waals surface area contributed by atoms with E-state index in [1.54, 1.807) is 35.7 Å². The molecule has 7 heteroatoms. The molecule has 124 valence electrons. The van der Waals surface area contributed by atoms with Crippen molar-refractivity contribution in [3.8, 4) is 0 Å². The van der Waals surface area contributed by atoms with Gasteiger partial charge >= 0.3 is 5.97 Å². The third-order valence-corrected chi connectivity index (χ3v) is 4.60. The fraction of sp³-hybridized carbons (Fsp3) is 0.176. The van der Waals surface area contributed by atoms with Crippen molar-refractivity contribution in [3.63, 3.8) is 0 Å². The van der Waals surface area contributed by atoms with Crippen LogP contribution in [-0.4, -0.2) is 36.8 Å². The molecule has 0 aliphatic carbocycles. The van der Waals surface area contributed by atoms with Crippen molar-refractivity contribution in [2.45, 2.75) is 5.91 Å². The van der Waals surface area contributed by atoms with Crippen LogP contribution in [0.3, 0.4) is 0 Å². The summed E-state index contributed by atoms with van der Waals surface area (Å²) >= 11 is 1.18. The molecule has 2 aliphatic rings. The van der Waals surface area contributed by atoms with E-state index in [1.807, 2.05) is 0 Å². The summed E-state index contributed by atoms with van der Waals surface area (Å²) in [5.74, 6) is -3.23. The summed E-state index contributed by atoms with van der Waals surface area (Å²) in [6, 6.07) is 8.55. The molecule has 0 spiro atoms. The monoisotopic (exact) mass is 344 g/mol. The van der Waals surface area contributed by atoms with E-state index in [2.05, 4.69) is 0 Å². The van der Waals surface area contributed by atoms with Gasteiger partial charge in [-0.3, -0.25) is 4.79 Å². The third-order valence-electron chi connectivity index (χ3n) is 3.71. The number of ether oxygens (including phenoxy) is 2. The molecule has 2 heterocycles. The van der Waals surface area contributed by atoms with Gasteiger partial charge < -0.3 is 19.5 Å². The van der Waals surface area contributed by atoms with Crippen molar-refractivity contribution < 1.29 is 24.2 Å². The van der Waals surface area contributed by atoms with Gasteiger partial charge in [0.2, 0.25) is 0 Å². The van der Waals surface area contributed by atoms with Crippen molar-refractivity contribution in [1.29, 1.82) is 0 Å². The van der Waals surface area contributed by atoms with Crippen LogP contribution in [0, 0.1) is 0 Å². The summed E-state index contributed by atoms with van der Waals surface area (Å²) in [6.07, 6.45) is 2.61. The summed E-state index contributed by atoms with van der Waals surface area (Å²) in [5, 5.41) is 14.9. The van der Waals surface area contributed by atoms with Crippen molar-refractivity contribution in [2.75, 3.05) is 14.2 Å². The van der Waals surface area contributed by atoms with E-state index < -0.39 is 11.9 Å². The lowest BCUT2D eigenvalue weighted by atomic mass is 9.94. The molecule has 1 aromatic carbocycles. The highest BCUT2D eigenvalue weighted by molar-refractivity contribution is 8.06. The topological polar surface area (TPSA) is 78.9 Å². The van der Waals surface area contributed by atoms with Gasteiger partial charge in [-0.1, -0.05) is 42.1 Å². The van der Waals surface area contributed by atoms with Gasteiger partial charge in [-0.15, -0.1) is 0 Å². The van der Waals surface area contributed by atoms with Gasteiger partial charge in [0.25, 0.3) is 0 Å². The second-order valence-corrected chi connectivity index (χ2v) is 5.93. The molecule has 0 fully saturated rings. The average Bonchev–Trinajstić information content (AvgIpc) is 3.11. The lowest BCUT2D eigenvalue weighted by Gasteiger charge is -2.47. The molecule has 1 aromatic rings. The molecule has 2 aliphatic heterocycles. The number of esters is 1. The summed E-state index contributed by atoms with van der Waals surface area (Å²) < 4.78 is 9.78.